The molecular weight excluding hydrogens is 176 g/mol. The van der Waals surface area contributed by atoms with Crippen LogP contribution in [-0.4, -0.2) is 19.7 Å². The topological polar surface area (TPSA) is 43.6 Å². The minimum Gasteiger partial charge on any atom is -0.310 e. The van der Waals surface area contributed by atoms with Crippen molar-refractivity contribution in [3.8, 4) is 11.5 Å². The molecule has 0 bridgehead atoms. The van der Waals surface area contributed by atoms with Crippen LogP contribution in [0.15, 0.2) is 24.5 Å². The number of hydrogen-bond donors (Lipinski definition) is 0. The molecule has 71 valence electrons. The summed E-state index contributed by atoms with van der Waals surface area (Å²) in [6, 6.07) is 5.89. The van der Waals surface area contributed by atoms with Gasteiger partial charge >= 0.3 is 0 Å². The maximum atomic E-state index is 4.12. The molecule has 4 nitrogen and oxygen atoms in total. The summed E-state index contributed by atoms with van der Waals surface area (Å²) in [5, 5.41) is 7.92. The van der Waals surface area contributed by atoms with Crippen molar-refractivity contribution in [2.24, 2.45) is 0 Å². The Morgan fingerprint density at radius 1 is 1.43 bits per heavy atom. The summed E-state index contributed by atoms with van der Waals surface area (Å²) >= 11 is 0. The van der Waals surface area contributed by atoms with Gasteiger partial charge in [0.2, 0.25) is 0 Å². The maximum Gasteiger partial charge on any atom is 0.182 e. The van der Waals surface area contributed by atoms with Gasteiger partial charge in [-0.1, -0.05) is 6.07 Å². The lowest BCUT2D eigenvalue weighted by Gasteiger charge is -2.08. The average molecular weight is 187 g/mol. The molecule has 0 fully saturated rings. The van der Waals surface area contributed by atoms with Crippen LogP contribution >= 0.6 is 0 Å². The van der Waals surface area contributed by atoms with Crippen LogP contribution in [0.3, 0.4) is 0 Å². The van der Waals surface area contributed by atoms with Crippen molar-refractivity contribution < 1.29 is 0 Å². The summed E-state index contributed by atoms with van der Waals surface area (Å²) in [6.07, 6.45) is 4.50. The smallest absolute Gasteiger partial charge is 0.182 e. The quantitative estimate of drug-likeness (QED) is 0.719. The van der Waals surface area contributed by atoms with Crippen LogP contribution in [0.5, 0.6) is 0 Å². The Balaban J connectivity index is 2.47. The third kappa shape index (κ3) is 1.51. The highest BCUT2D eigenvalue weighted by Crippen LogP contribution is 2.16. The van der Waals surface area contributed by atoms with Crippen LogP contribution in [0.25, 0.3) is 11.5 Å². The van der Waals surface area contributed by atoms with Crippen molar-refractivity contribution in [3.63, 3.8) is 0 Å². The van der Waals surface area contributed by atoms with Crippen LogP contribution < -0.4 is 0 Å². The lowest BCUT2D eigenvalue weighted by molar-refractivity contribution is 0.603. The molecule has 0 aliphatic heterocycles. The molecule has 1 radical (unpaired) electrons. The van der Waals surface area contributed by atoms with Crippen LogP contribution in [0, 0.1) is 6.20 Å². The second kappa shape index (κ2) is 3.57. The van der Waals surface area contributed by atoms with Gasteiger partial charge in [0.15, 0.2) is 5.82 Å². The SMILES string of the molecule is CC(C)n1cnnc1-c1ccc[c]n1. The molecule has 0 N–H and O–H groups in total. The largest absolute Gasteiger partial charge is 0.310 e. The first kappa shape index (κ1) is 8.87. The molecule has 0 atom stereocenters. The van der Waals surface area contributed by atoms with E-state index < -0.39 is 0 Å². The highest BCUT2D eigenvalue weighted by molar-refractivity contribution is 5.48. The Labute approximate surface area is 82.6 Å². The molecule has 0 saturated carbocycles. The Morgan fingerprint density at radius 3 is 2.93 bits per heavy atom. The standard InChI is InChI=1S/C10H11N4/c1-8(2)14-7-12-13-10(14)9-5-3-4-6-11-9/h3-5,7-8H,1-2H3. The third-order valence-corrected chi connectivity index (χ3v) is 1.97. The van der Waals surface area contributed by atoms with E-state index in [0.29, 0.717) is 6.04 Å². The van der Waals surface area contributed by atoms with Gasteiger partial charge in [-0.25, -0.2) is 4.98 Å². The molecule has 2 heterocycles. The van der Waals surface area contributed by atoms with Crippen LogP contribution in [-0.2, 0) is 0 Å². The average Bonchev–Trinajstić information content (AvgIpc) is 2.67. The molecule has 0 amide bonds. The normalized spacial score (nSPS) is 10.8. The zero-order valence-electron chi connectivity index (χ0n) is 8.18. The monoisotopic (exact) mass is 187 g/mol. The van der Waals surface area contributed by atoms with Gasteiger partial charge in [0.1, 0.15) is 12.0 Å². The highest BCUT2D eigenvalue weighted by atomic mass is 15.3. The van der Waals surface area contributed by atoms with E-state index in [2.05, 4.69) is 35.2 Å². The van der Waals surface area contributed by atoms with Gasteiger partial charge in [-0.15, -0.1) is 10.2 Å². The fourth-order valence-corrected chi connectivity index (χ4v) is 1.25. The Morgan fingerprint density at radius 2 is 2.29 bits per heavy atom. The molecule has 2 rings (SSSR count). The Kier molecular flexibility index (Phi) is 2.26. The molecule has 4 heteroatoms. The minimum absolute atomic E-state index is 0.335. The molecule has 0 aliphatic carbocycles. The predicted octanol–water partition coefficient (Wildman–Crippen LogP) is 1.72. The van der Waals surface area contributed by atoms with Crippen molar-refractivity contribution in [1.82, 2.24) is 19.7 Å². The molecular formula is C10H11N4. The van der Waals surface area contributed by atoms with Gasteiger partial charge < -0.3 is 4.57 Å². The van der Waals surface area contributed by atoms with E-state index in [1.807, 2.05) is 16.7 Å². The maximum absolute atomic E-state index is 4.12. The summed E-state index contributed by atoms with van der Waals surface area (Å²) in [7, 11) is 0. The number of hydrogen-bond acceptors (Lipinski definition) is 3. The summed E-state index contributed by atoms with van der Waals surface area (Å²) < 4.78 is 1.98. The van der Waals surface area contributed by atoms with Gasteiger partial charge in [0, 0.05) is 6.04 Å². The van der Waals surface area contributed by atoms with Crippen molar-refractivity contribution >= 4 is 0 Å². The van der Waals surface area contributed by atoms with E-state index >= 15 is 0 Å². The van der Waals surface area contributed by atoms with Crippen molar-refractivity contribution in [3.05, 3.63) is 30.7 Å². The van der Waals surface area contributed by atoms with Crippen LogP contribution in [0.2, 0.25) is 0 Å². The summed E-state index contributed by atoms with van der Waals surface area (Å²) in [5.74, 6) is 0.789. The fourth-order valence-electron chi connectivity index (χ4n) is 1.25. The van der Waals surface area contributed by atoms with E-state index in [9.17, 15) is 0 Å². The number of rotatable bonds is 2. The van der Waals surface area contributed by atoms with Gasteiger partial charge in [0.25, 0.3) is 0 Å². The molecule has 0 aliphatic rings. The van der Waals surface area contributed by atoms with E-state index in [1.54, 1.807) is 12.4 Å². The molecule has 2 aromatic heterocycles. The minimum atomic E-state index is 0.335. The molecule has 0 spiro atoms. The zero-order valence-corrected chi connectivity index (χ0v) is 8.18. The fraction of sp³-hybridized carbons (Fsp3) is 0.300. The molecule has 2 aromatic rings. The second-order valence-corrected chi connectivity index (χ2v) is 3.31. The highest BCUT2D eigenvalue weighted by Gasteiger charge is 2.09. The zero-order chi connectivity index (χ0) is 9.97. The summed E-state index contributed by atoms with van der Waals surface area (Å²) in [6.45, 7) is 4.17. The number of nitrogens with zero attached hydrogens (tertiary/aromatic N) is 4. The predicted molar refractivity (Wildman–Crippen MR) is 52.5 cm³/mol. The van der Waals surface area contributed by atoms with Crippen molar-refractivity contribution in [2.45, 2.75) is 19.9 Å². The Bertz CT molecular complexity index is 405. The van der Waals surface area contributed by atoms with E-state index in [4.69, 9.17) is 0 Å². The molecule has 0 unspecified atom stereocenters. The lowest BCUT2D eigenvalue weighted by Crippen LogP contribution is -2.02. The summed E-state index contributed by atoms with van der Waals surface area (Å²) in [4.78, 5) is 4.12. The van der Waals surface area contributed by atoms with Crippen LogP contribution in [0.1, 0.15) is 19.9 Å². The van der Waals surface area contributed by atoms with Gasteiger partial charge in [-0.2, -0.15) is 0 Å². The molecule has 14 heavy (non-hydrogen) atoms. The van der Waals surface area contributed by atoms with E-state index in [-0.39, 0.29) is 0 Å². The van der Waals surface area contributed by atoms with Crippen LogP contribution in [0.4, 0.5) is 0 Å². The van der Waals surface area contributed by atoms with Gasteiger partial charge in [-0.3, -0.25) is 0 Å². The van der Waals surface area contributed by atoms with Crippen molar-refractivity contribution in [1.29, 1.82) is 0 Å². The number of aromatic nitrogens is 4. The van der Waals surface area contributed by atoms with E-state index in [0.717, 1.165) is 11.5 Å². The van der Waals surface area contributed by atoms with Crippen molar-refractivity contribution in [2.75, 3.05) is 0 Å². The first-order valence-corrected chi connectivity index (χ1v) is 4.52. The first-order chi connectivity index (χ1) is 6.79. The number of pyridine rings is 1. The van der Waals surface area contributed by atoms with Gasteiger partial charge in [0.05, 0.1) is 6.20 Å². The first-order valence-electron chi connectivity index (χ1n) is 4.52. The van der Waals surface area contributed by atoms with Gasteiger partial charge in [-0.05, 0) is 26.0 Å². The third-order valence-electron chi connectivity index (χ3n) is 1.97. The Hall–Kier alpha value is -1.71. The second-order valence-electron chi connectivity index (χ2n) is 3.31. The summed E-state index contributed by atoms with van der Waals surface area (Å²) in [5.41, 5.74) is 0.804. The molecule has 0 saturated heterocycles. The lowest BCUT2D eigenvalue weighted by atomic mass is 10.3. The molecule has 0 aromatic carbocycles. The van der Waals surface area contributed by atoms with E-state index in [1.165, 1.54) is 0 Å².